The van der Waals surface area contributed by atoms with Gasteiger partial charge in [0.05, 0.1) is 19.3 Å². The maximum absolute atomic E-state index is 11.4. The molecule has 0 spiro atoms. The molecule has 1 aromatic carbocycles. The van der Waals surface area contributed by atoms with Crippen molar-refractivity contribution in [2.45, 2.75) is 25.9 Å². The van der Waals surface area contributed by atoms with E-state index in [0.29, 0.717) is 26.1 Å². The summed E-state index contributed by atoms with van der Waals surface area (Å²) >= 11 is 0. The van der Waals surface area contributed by atoms with E-state index in [0.717, 1.165) is 11.3 Å². The van der Waals surface area contributed by atoms with E-state index in [2.05, 4.69) is 0 Å². The van der Waals surface area contributed by atoms with Gasteiger partial charge in [-0.2, -0.15) is 0 Å². The summed E-state index contributed by atoms with van der Waals surface area (Å²) < 4.78 is 11.2. The molecule has 1 heterocycles. The first kappa shape index (κ1) is 11.1. The number of ether oxygens (including phenoxy) is 2. The molecule has 1 aliphatic heterocycles. The highest BCUT2D eigenvalue weighted by atomic mass is 16.5. The van der Waals surface area contributed by atoms with Crippen LogP contribution in [0.15, 0.2) is 24.3 Å². The molecule has 1 aliphatic rings. The molecule has 1 unspecified atom stereocenters. The van der Waals surface area contributed by atoms with Crippen molar-refractivity contribution in [3.63, 3.8) is 0 Å². The van der Waals surface area contributed by atoms with Crippen LogP contribution in [0.3, 0.4) is 0 Å². The number of ketones is 1. The molecule has 1 saturated heterocycles. The summed E-state index contributed by atoms with van der Waals surface area (Å²) in [4.78, 5) is 11.4. The van der Waals surface area contributed by atoms with Gasteiger partial charge in [-0.15, -0.1) is 0 Å². The molecule has 1 aromatic rings. The van der Waals surface area contributed by atoms with E-state index in [1.807, 2.05) is 31.2 Å². The second-order valence-electron chi connectivity index (χ2n) is 3.82. The third kappa shape index (κ3) is 2.42. The van der Waals surface area contributed by atoms with Crippen molar-refractivity contribution in [2.24, 2.45) is 0 Å². The van der Waals surface area contributed by atoms with Gasteiger partial charge in [0.1, 0.15) is 11.5 Å². The van der Waals surface area contributed by atoms with Crippen molar-refractivity contribution in [3.05, 3.63) is 29.8 Å². The number of hydrogen-bond acceptors (Lipinski definition) is 3. The molecular weight excluding hydrogens is 204 g/mol. The lowest BCUT2D eigenvalue weighted by atomic mass is 10.00. The van der Waals surface area contributed by atoms with Crippen LogP contribution in [0.5, 0.6) is 5.75 Å². The van der Waals surface area contributed by atoms with Crippen molar-refractivity contribution in [1.29, 1.82) is 0 Å². The molecule has 3 heteroatoms. The van der Waals surface area contributed by atoms with Crippen LogP contribution in [-0.4, -0.2) is 19.0 Å². The number of rotatable bonds is 3. The highest BCUT2D eigenvalue weighted by molar-refractivity contribution is 5.79. The van der Waals surface area contributed by atoms with Gasteiger partial charge in [-0.05, 0) is 13.0 Å². The van der Waals surface area contributed by atoms with Crippen molar-refractivity contribution < 1.29 is 14.3 Å². The largest absolute Gasteiger partial charge is 0.493 e. The SMILES string of the molecule is CCOc1ccccc1C1CC(=O)CCO1. The van der Waals surface area contributed by atoms with Crippen LogP contribution < -0.4 is 4.74 Å². The van der Waals surface area contributed by atoms with Gasteiger partial charge >= 0.3 is 0 Å². The smallest absolute Gasteiger partial charge is 0.138 e. The number of carbonyl (C=O) groups excluding carboxylic acids is 1. The van der Waals surface area contributed by atoms with Crippen LogP contribution in [0.1, 0.15) is 31.4 Å². The zero-order chi connectivity index (χ0) is 11.4. The minimum absolute atomic E-state index is 0.135. The Balaban J connectivity index is 2.21. The number of Topliss-reactive ketones (excluding diaryl/α,β-unsaturated/α-hetero) is 1. The van der Waals surface area contributed by atoms with Gasteiger partial charge in [-0.1, -0.05) is 18.2 Å². The van der Waals surface area contributed by atoms with E-state index in [9.17, 15) is 4.79 Å². The average molecular weight is 220 g/mol. The first-order valence-electron chi connectivity index (χ1n) is 5.66. The van der Waals surface area contributed by atoms with Crippen LogP contribution >= 0.6 is 0 Å². The maximum Gasteiger partial charge on any atom is 0.138 e. The van der Waals surface area contributed by atoms with E-state index in [4.69, 9.17) is 9.47 Å². The summed E-state index contributed by atoms with van der Waals surface area (Å²) in [6, 6.07) is 7.76. The summed E-state index contributed by atoms with van der Waals surface area (Å²) in [6.07, 6.45) is 0.862. The zero-order valence-electron chi connectivity index (χ0n) is 9.44. The van der Waals surface area contributed by atoms with E-state index in [-0.39, 0.29) is 11.9 Å². The second kappa shape index (κ2) is 5.12. The van der Waals surface area contributed by atoms with Crippen molar-refractivity contribution in [1.82, 2.24) is 0 Å². The molecule has 3 nitrogen and oxygen atoms in total. The molecule has 0 bridgehead atoms. The zero-order valence-corrected chi connectivity index (χ0v) is 9.44. The van der Waals surface area contributed by atoms with Gasteiger partial charge in [-0.25, -0.2) is 0 Å². The summed E-state index contributed by atoms with van der Waals surface area (Å²) in [5.74, 6) is 1.09. The Hall–Kier alpha value is -1.35. The summed E-state index contributed by atoms with van der Waals surface area (Å²) in [7, 11) is 0. The fraction of sp³-hybridized carbons (Fsp3) is 0.462. The van der Waals surface area contributed by atoms with Gasteiger partial charge in [-0.3, -0.25) is 4.79 Å². The molecule has 2 rings (SSSR count). The van der Waals surface area contributed by atoms with Crippen molar-refractivity contribution >= 4 is 5.78 Å². The fourth-order valence-corrected chi connectivity index (χ4v) is 1.92. The topological polar surface area (TPSA) is 35.5 Å². The van der Waals surface area contributed by atoms with Crippen molar-refractivity contribution in [2.75, 3.05) is 13.2 Å². The minimum Gasteiger partial charge on any atom is -0.493 e. The van der Waals surface area contributed by atoms with E-state index < -0.39 is 0 Å². The normalized spacial score (nSPS) is 20.8. The van der Waals surface area contributed by atoms with Crippen LogP contribution in [-0.2, 0) is 9.53 Å². The lowest BCUT2D eigenvalue weighted by Gasteiger charge is -2.23. The summed E-state index contributed by atoms with van der Waals surface area (Å²) in [5.41, 5.74) is 0.984. The number of benzene rings is 1. The molecule has 0 radical (unpaired) electrons. The monoisotopic (exact) mass is 220 g/mol. The fourth-order valence-electron chi connectivity index (χ4n) is 1.92. The van der Waals surface area contributed by atoms with E-state index >= 15 is 0 Å². The Morgan fingerprint density at radius 3 is 3.00 bits per heavy atom. The summed E-state index contributed by atoms with van der Waals surface area (Å²) in [6.45, 7) is 3.09. The Labute approximate surface area is 95.4 Å². The quantitative estimate of drug-likeness (QED) is 0.785. The number of hydrogen-bond donors (Lipinski definition) is 0. The molecule has 0 amide bonds. The van der Waals surface area contributed by atoms with E-state index in [1.54, 1.807) is 0 Å². The third-order valence-corrected chi connectivity index (χ3v) is 2.68. The molecule has 0 saturated carbocycles. The average Bonchev–Trinajstić information content (AvgIpc) is 2.30. The highest BCUT2D eigenvalue weighted by Crippen LogP contribution is 2.32. The molecule has 0 N–H and O–H groups in total. The molecule has 1 atom stereocenters. The highest BCUT2D eigenvalue weighted by Gasteiger charge is 2.24. The molecule has 0 aliphatic carbocycles. The van der Waals surface area contributed by atoms with Gasteiger partial charge in [0.2, 0.25) is 0 Å². The lowest BCUT2D eigenvalue weighted by Crippen LogP contribution is -2.20. The Morgan fingerprint density at radius 1 is 1.44 bits per heavy atom. The minimum atomic E-state index is -0.135. The van der Waals surface area contributed by atoms with Crippen LogP contribution in [0, 0.1) is 0 Å². The number of para-hydroxylation sites is 1. The molecule has 16 heavy (non-hydrogen) atoms. The van der Waals surface area contributed by atoms with Gasteiger partial charge < -0.3 is 9.47 Å². The standard InChI is InChI=1S/C13H16O3/c1-2-15-12-6-4-3-5-11(12)13-9-10(14)7-8-16-13/h3-6,13H,2,7-9H2,1H3. The van der Waals surface area contributed by atoms with Crippen LogP contribution in [0.2, 0.25) is 0 Å². The first-order valence-corrected chi connectivity index (χ1v) is 5.66. The van der Waals surface area contributed by atoms with Gasteiger partial charge in [0, 0.05) is 18.4 Å². The Bertz CT molecular complexity index is 373. The van der Waals surface area contributed by atoms with Crippen molar-refractivity contribution in [3.8, 4) is 5.75 Å². The molecular formula is C13H16O3. The second-order valence-corrected chi connectivity index (χ2v) is 3.82. The lowest BCUT2D eigenvalue weighted by molar-refractivity contribution is -0.128. The Kier molecular flexibility index (Phi) is 3.57. The van der Waals surface area contributed by atoms with Crippen LogP contribution in [0.25, 0.3) is 0 Å². The van der Waals surface area contributed by atoms with Gasteiger partial charge in [0.25, 0.3) is 0 Å². The first-order chi connectivity index (χ1) is 7.81. The predicted molar refractivity (Wildman–Crippen MR) is 60.5 cm³/mol. The third-order valence-electron chi connectivity index (χ3n) is 2.68. The molecule has 1 fully saturated rings. The van der Waals surface area contributed by atoms with Gasteiger partial charge in [0.15, 0.2) is 0 Å². The molecule has 86 valence electrons. The number of carbonyl (C=O) groups is 1. The summed E-state index contributed by atoms with van der Waals surface area (Å²) in [5, 5.41) is 0. The molecule has 0 aromatic heterocycles. The maximum atomic E-state index is 11.4. The van der Waals surface area contributed by atoms with E-state index in [1.165, 1.54) is 0 Å². The van der Waals surface area contributed by atoms with Crippen LogP contribution in [0.4, 0.5) is 0 Å². The predicted octanol–water partition coefficient (Wildman–Crippen LogP) is 2.51. The Morgan fingerprint density at radius 2 is 2.25 bits per heavy atom.